The predicted octanol–water partition coefficient (Wildman–Crippen LogP) is 1.74. The molecular formula is C11H21NO3. The zero-order chi connectivity index (χ0) is 12.2. The maximum Gasteiger partial charge on any atom is 0.329 e. The van der Waals surface area contributed by atoms with E-state index in [1.165, 1.54) is 18.7 Å². The Morgan fingerprint density at radius 1 is 1.40 bits per heavy atom. The molecule has 0 aromatic heterocycles. The van der Waals surface area contributed by atoms with Crippen molar-refractivity contribution in [3.05, 3.63) is 0 Å². The number of hydrogen-bond acceptors (Lipinski definition) is 2. The molecule has 1 N–H and O–H groups in total. The summed E-state index contributed by atoms with van der Waals surface area (Å²) < 4.78 is 0. The van der Waals surface area contributed by atoms with E-state index in [1.54, 1.807) is 7.05 Å². The van der Waals surface area contributed by atoms with Gasteiger partial charge in [-0.3, -0.25) is 4.79 Å². The third kappa shape index (κ3) is 3.22. The van der Waals surface area contributed by atoms with Crippen molar-refractivity contribution in [2.75, 3.05) is 7.05 Å². The number of carboxylic acid groups (broad SMARTS) is 1. The quantitative estimate of drug-likeness (QED) is 0.760. The molecule has 0 saturated carbocycles. The number of carboxylic acids is 1. The van der Waals surface area contributed by atoms with Crippen LogP contribution in [0.25, 0.3) is 0 Å². The highest BCUT2D eigenvalue weighted by molar-refractivity contribution is 5.87. The standard InChI is InChI=1S/C11H21NO3/c1-6-7-8(2)9(13)12(5)11(3,4)10(14)15/h8H,6-7H2,1-5H3,(H,14,15). The Morgan fingerprint density at radius 3 is 2.20 bits per heavy atom. The zero-order valence-electron chi connectivity index (χ0n) is 10.2. The van der Waals surface area contributed by atoms with Gasteiger partial charge in [0.15, 0.2) is 0 Å². The van der Waals surface area contributed by atoms with Crippen molar-refractivity contribution in [3.8, 4) is 0 Å². The van der Waals surface area contributed by atoms with Crippen LogP contribution in [0.1, 0.15) is 40.5 Å². The summed E-state index contributed by atoms with van der Waals surface area (Å²) in [7, 11) is 1.54. The smallest absolute Gasteiger partial charge is 0.329 e. The predicted molar refractivity (Wildman–Crippen MR) is 58.6 cm³/mol. The molecule has 0 aliphatic carbocycles. The number of aliphatic carboxylic acids is 1. The summed E-state index contributed by atoms with van der Waals surface area (Å²) in [5.74, 6) is -1.20. The Bertz CT molecular complexity index is 248. The Kier molecular flexibility index (Phi) is 4.78. The fourth-order valence-electron chi connectivity index (χ4n) is 1.31. The van der Waals surface area contributed by atoms with E-state index in [0.29, 0.717) is 0 Å². The number of nitrogens with zero attached hydrogens (tertiary/aromatic N) is 1. The van der Waals surface area contributed by atoms with E-state index in [2.05, 4.69) is 0 Å². The molecule has 1 amide bonds. The van der Waals surface area contributed by atoms with Crippen molar-refractivity contribution in [1.82, 2.24) is 4.90 Å². The number of carbonyl (C=O) groups is 2. The van der Waals surface area contributed by atoms with Crippen LogP contribution in [0.2, 0.25) is 0 Å². The van der Waals surface area contributed by atoms with E-state index in [0.717, 1.165) is 12.8 Å². The topological polar surface area (TPSA) is 57.6 Å². The maximum absolute atomic E-state index is 11.8. The molecule has 0 rings (SSSR count). The molecule has 88 valence electrons. The van der Waals surface area contributed by atoms with Gasteiger partial charge >= 0.3 is 5.97 Å². The van der Waals surface area contributed by atoms with Gasteiger partial charge < -0.3 is 10.0 Å². The Labute approximate surface area is 91.3 Å². The molecule has 1 atom stereocenters. The average molecular weight is 215 g/mol. The number of hydrogen-bond donors (Lipinski definition) is 1. The van der Waals surface area contributed by atoms with Crippen LogP contribution in [0, 0.1) is 5.92 Å². The molecule has 0 fully saturated rings. The fraction of sp³-hybridized carbons (Fsp3) is 0.818. The van der Waals surface area contributed by atoms with Crippen LogP contribution in [0.15, 0.2) is 0 Å². The van der Waals surface area contributed by atoms with Crippen molar-refractivity contribution in [3.63, 3.8) is 0 Å². The Morgan fingerprint density at radius 2 is 1.87 bits per heavy atom. The molecule has 0 bridgehead atoms. The normalized spacial score (nSPS) is 13.4. The molecule has 0 aliphatic rings. The highest BCUT2D eigenvalue weighted by Crippen LogP contribution is 2.17. The second kappa shape index (κ2) is 5.14. The van der Waals surface area contributed by atoms with Crippen molar-refractivity contribution < 1.29 is 14.7 Å². The first-order valence-corrected chi connectivity index (χ1v) is 5.26. The Hall–Kier alpha value is -1.06. The number of likely N-dealkylation sites (N-methyl/N-ethyl adjacent to an activating group) is 1. The van der Waals surface area contributed by atoms with Gasteiger partial charge in [0.25, 0.3) is 0 Å². The molecule has 0 heterocycles. The van der Waals surface area contributed by atoms with E-state index >= 15 is 0 Å². The van der Waals surface area contributed by atoms with Crippen LogP contribution >= 0.6 is 0 Å². The van der Waals surface area contributed by atoms with Crippen molar-refractivity contribution in [2.24, 2.45) is 5.92 Å². The zero-order valence-corrected chi connectivity index (χ0v) is 10.2. The number of amides is 1. The van der Waals surface area contributed by atoms with Crippen LogP contribution < -0.4 is 0 Å². The van der Waals surface area contributed by atoms with Gasteiger partial charge in [0.1, 0.15) is 5.54 Å². The molecule has 15 heavy (non-hydrogen) atoms. The van der Waals surface area contributed by atoms with E-state index in [-0.39, 0.29) is 11.8 Å². The second-order valence-electron chi connectivity index (χ2n) is 4.45. The minimum Gasteiger partial charge on any atom is -0.480 e. The van der Waals surface area contributed by atoms with Gasteiger partial charge in [-0.2, -0.15) is 0 Å². The largest absolute Gasteiger partial charge is 0.480 e. The summed E-state index contributed by atoms with van der Waals surface area (Å²) in [6, 6.07) is 0. The summed E-state index contributed by atoms with van der Waals surface area (Å²) in [5.41, 5.74) is -1.14. The lowest BCUT2D eigenvalue weighted by molar-refractivity contribution is -0.156. The lowest BCUT2D eigenvalue weighted by atomic mass is 9.99. The lowest BCUT2D eigenvalue weighted by Crippen LogP contribution is -2.52. The monoisotopic (exact) mass is 215 g/mol. The summed E-state index contributed by atoms with van der Waals surface area (Å²) >= 11 is 0. The first-order valence-electron chi connectivity index (χ1n) is 5.26. The SMILES string of the molecule is CCCC(C)C(=O)N(C)C(C)(C)C(=O)O. The van der Waals surface area contributed by atoms with Crippen LogP contribution in [0.4, 0.5) is 0 Å². The molecule has 0 radical (unpaired) electrons. The second-order valence-corrected chi connectivity index (χ2v) is 4.45. The van der Waals surface area contributed by atoms with Gasteiger partial charge in [-0.1, -0.05) is 20.3 Å². The van der Waals surface area contributed by atoms with E-state index in [1.807, 2.05) is 13.8 Å². The first-order chi connectivity index (χ1) is 6.75. The first kappa shape index (κ1) is 13.9. The van der Waals surface area contributed by atoms with Gasteiger partial charge in [0, 0.05) is 13.0 Å². The molecule has 0 aromatic carbocycles. The summed E-state index contributed by atoms with van der Waals surface area (Å²) in [5, 5.41) is 8.98. The minimum atomic E-state index is -1.14. The number of rotatable bonds is 5. The summed E-state index contributed by atoms with van der Waals surface area (Å²) in [4.78, 5) is 24.1. The van der Waals surface area contributed by atoms with Gasteiger partial charge in [0.2, 0.25) is 5.91 Å². The van der Waals surface area contributed by atoms with Crippen molar-refractivity contribution in [1.29, 1.82) is 0 Å². The molecule has 0 aliphatic heterocycles. The highest BCUT2D eigenvalue weighted by atomic mass is 16.4. The van der Waals surface area contributed by atoms with Crippen LogP contribution in [0.5, 0.6) is 0 Å². The summed E-state index contributed by atoms with van der Waals surface area (Å²) in [6.07, 6.45) is 1.72. The third-order valence-corrected chi connectivity index (χ3v) is 2.84. The van der Waals surface area contributed by atoms with E-state index in [9.17, 15) is 9.59 Å². The average Bonchev–Trinajstić information content (AvgIpc) is 2.15. The fourth-order valence-corrected chi connectivity index (χ4v) is 1.31. The molecule has 0 aromatic rings. The van der Waals surface area contributed by atoms with Crippen molar-refractivity contribution >= 4 is 11.9 Å². The van der Waals surface area contributed by atoms with E-state index < -0.39 is 11.5 Å². The molecule has 4 heteroatoms. The molecule has 0 saturated heterocycles. The van der Waals surface area contributed by atoms with Gasteiger partial charge in [-0.25, -0.2) is 4.79 Å². The maximum atomic E-state index is 11.8. The van der Waals surface area contributed by atoms with Crippen LogP contribution in [-0.2, 0) is 9.59 Å². The highest BCUT2D eigenvalue weighted by Gasteiger charge is 2.36. The number of carbonyl (C=O) groups excluding carboxylic acids is 1. The van der Waals surface area contributed by atoms with Crippen LogP contribution in [0.3, 0.4) is 0 Å². The van der Waals surface area contributed by atoms with Crippen LogP contribution in [-0.4, -0.2) is 34.5 Å². The molecular weight excluding hydrogens is 194 g/mol. The van der Waals surface area contributed by atoms with E-state index in [4.69, 9.17) is 5.11 Å². The Balaban J connectivity index is 4.64. The third-order valence-electron chi connectivity index (χ3n) is 2.84. The molecule has 0 spiro atoms. The van der Waals surface area contributed by atoms with Gasteiger partial charge in [-0.05, 0) is 20.3 Å². The molecule has 4 nitrogen and oxygen atoms in total. The minimum absolute atomic E-state index is 0.107. The molecule has 1 unspecified atom stereocenters. The summed E-state index contributed by atoms with van der Waals surface area (Å²) in [6.45, 7) is 6.91. The van der Waals surface area contributed by atoms with Gasteiger partial charge in [0.05, 0.1) is 0 Å². The van der Waals surface area contributed by atoms with Gasteiger partial charge in [-0.15, -0.1) is 0 Å². The van der Waals surface area contributed by atoms with Crippen molar-refractivity contribution in [2.45, 2.75) is 46.1 Å². The lowest BCUT2D eigenvalue weighted by Gasteiger charge is -2.33.